The van der Waals surface area contributed by atoms with Crippen molar-refractivity contribution in [1.82, 2.24) is 0 Å². The molecule has 0 bridgehead atoms. The molecule has 98 valence electrons. The first kappa shape index (κ1) is 13.3. The van der Waals surface area contributed by atoms with E-state index >= 15 is 0 Å². The van der Waals surface area contributed by atoms with Crippen LogP contribution in [0.4, 0.5) is 18.9 Å². The Bertz CT molecular complexity index is 586. The number of alkyl halides is 3. The van der Waals surface area contributed by atoms with E-state index in [0.717, 1.165) is 0 Å². The molecule has 0 fully saturated rings. The lowest BCUT2D eigenvalue weighted by molar-refractivity contribution is -0.138. The molecule has 0 radical (unpaired) electrons. The largest absolute Gasteiger partial charge is 0.417 e. The van der Waals surface area contributed by atoms with Crippen molar-refractivity contribution in [2.45, 2.75) is 13.1 Å². The Morgan fingerprint density at radius 1 is 0.947 bits per heavy atom. The minimum atomic E-state index is -4.37. The molecule has 0 aliphatic carbocycles. The van der Waals surface area contributed by atoms with Gasteiger partial charge < -0.3 is 0 Å². The maximum Gasteiger partial charge on any atom is 0.417 e. The third kappa shape index (κ3) is 3.22. The average molecular weight is 263 g/mol. The lowest BCUT2D eigenvalue weighted by atomic mass is 10.0. The number of halogens is 3. The van der Waals surface area contributed by atoms with E-state index in [4.69, 9.17) is 0 Å². The van der Waals surface area contributed by atoms with E-state index in [1.165, 1.54) is 25.3 Å². The molecule has 0 spiro atoms. The van der Waals surface area contributed by atoms with Gasteiger partial charge in [0.15, 0.2) is 0 Å². The molecule has 0 unspecified atom stereocenters. The summed E-state index contributed by atoms with van der Waals surface area (Å²) >= 11 is 0. The van der Waals surface area contributed by atoms with Gasteiger partial charge in [0.25, 0.3) is 0 Å². The molecule has 0 aromatic heterocycles. The Hall–Kier alpha value is -2.10. The number of nitrogens with zero attached hydrogens (tertiary/aromatic N) is 1. The van der Waals surface area contributed by atoms with Gasteiger partial charge in [-0.25, -0.2) is 0 Å². The molecule has 2 aromatic carbocycles. The van der Waals surface area contributed by atoms with Gasteiger partial charge in [-0.15, -0.1) is 0 Å². The fraction of sp³-hybridized carbons (Fsp3) is 0.133. The molecule has 4 heteroatoms. The molecule has 1 nitrogen and oxygen atoms in total. The van der Waals surface area contributed by atoms with E-state index in [2.05, 4.69) is 4.99 Å². The molecule has 0 atom stereocenters. The number of rotatable bonds is 2. The Balaban J connectivity index is 2.41. The Labute approximate surface area is 109 Å². The van der Waals surface area contributed by atoms with Gasteiger partial charge >= 0.3 is 6.18 Å². The Morgan fingerprint density at radius 2 is 1.63 bits per heavy atom. The molecule has 2 rings (SSSR count). The van der Waals surface area contributed by atoms with Gasteiger partial charge in [-0.05, 0) is 24.6 Å². The first-order valence-corrected chi connectivity index (χ1v) is 5.74. The number of benzene rings is 2. The highest BCUT2D eigenvalue weighted by Crippen LogP contribution is 2.34. The predicted molar refractivity (Wildman–Crippen MR) is 69.9 cm³/mol. The van der Waals surface area contributed by atoms with Gasteiger partial charge in [0.2, 0.25) is 0 Å². The van der Waals surface area contributed by atoms with Crippen LogP contribution in [0.5, 0.6) is 0 Å². The number of aryl methyl sites for hydroxylation is 1. The van der Waals surface area contributed by atoms with Gasteiger partial charge in [0, 0.05) is 11.8 Å². The van der Waals surface area contributed by atoms with Crippen molar-refractivity contribution in [2.24, 2.45) is 4.99 Å². The second kappa shape index (κ2) is 5.26. The van der Waals surface area contributed by atoms with Crippen molar-refractivity contribution in [3.63, 3.8) is 0 Å². The van der Waals surface area contributed by atoms with Crippen LogP contribution in [0.3, 0.4) is 0 Å². The normalized spacial score (nSPS) is 12.0. The Kier molecular flexibility index (Phi) is 3.69. The van der Waals surface area contributed by atoms with Crippen molar-refractivity contribution in [2.75, 3.05) is 0 Å². The lowest BCUT2D eigenvalue weighted by Gasteiger charge is -2.12. The van der Waals surface area contributed by atoms with E-state index in [-0.39, 0.29) is 11.1 Å². The molecule has 0 aliphatic rings. The zero-order valence-corrected chi connectivity index (χ0v) is 10.3. The second-order valence-electron chi connectivity index (χ2n) is 4.13. The summed E-state index contributed by atoms with van der Waals surface area (Å²) < 4.78 is 38.9. The van der Waals surface area contributed by atoms with Crippen molar-refractivity contribution >= 4 is 11.9 Å². The van der Waals surface area contributed by atoms with E-state index in [1.54, 1.807) is 30.3 Å². The van der Waals surface area contributed by atoms with Crippen LogP contribution >= 0.6 is 0 Å². The van der Waals surface area contributed by atoms with Crippen LogP contribution in [-0.2, 0) is 6.18 Å². The predicted octanol–water partition coefficient (Wildman–Crippen LogP) is 4.76. The van der Waals surface area contributed by atoms with Crippen LogP contribution in [0.25, 0.3) is 0 Å². The monoisotopic (exact) mass is 263 g/mol. The Morgan fingerprint density at radius 3 is 2.26 bits per heavy atom. The summed E-state index contributed by atoms with van der Waals surface area (Å²) in [5.74, 6) is 0. The van der Waals surface area contributed by atoms with Gasteiger partial charge in [0.05, 0.1) is 11.3 Å². The highest BCUT2D eigenvalue weighted by Gasteiger charge is 2.34. The highest BCUT2D eigenvalue weighted by molar-refractivity contribution is 5.84. The second-order valence-corrected chi connectivity index (χ2v) is 4.13. The third-order valence-corrected chi connectivity index (χ3v) is 2.70. The molecule has 2 aromatic rings. The number of aliphatic imine (C=N–C) groups is 1. The summed E-state index contributed by atoms with van der Waals surface area (Å²) in [7, 11) is 0. The van der Waals surface area contributed by atoms with E-state index < -0.39 is 11.7 Å². The van der Waals surface area contributed by atoms with Crippen LogP contribution < -0.4 is 0 Å². The summed E-state index contributed by atoms with van der Waals surface area (Å²) in [5.41, 5.74) is 0.271. The molecule has 0 saturated carbocycles. The van der Waals surface area contributed by atoms with Crippen LogP contribution in [0, 0.1) is 6.92 Å². The smallest absolute Gasteiger partial charge is 0.256 e. The first-order chi connectivity index (χ1) is 8.98. The third-order valence-electron chi connectivity index (χ3n) is 2.70. The van der Waals surface area contributed by atoms with Crippen molar-refractivity contribution in [1.29, 1.82) is 0 Å². The molecular formula is C15H12F3N. The van der Waals surface area contributed by atoms with Crippen LogP contribution in [0.2, 0.25) is 0 Å². The molecule has 0 amide bonds. The minimum absolute atomic E-state index is 0.0800. The van der Waals surface area contributed by atoms with E-state index in [0.29, 0.717) is 5.69 Å². The fourth-order valence-electron chi connectivity index (χ4n) is 1.84. The minimum Gasteiger partial charge on any atom is -0.256 e. The van der Waals surface area contributed by atoms with Gasteiger partial charge in [-0.3, -0.25) is 4.99 Å². The summed E-state index contributed by atoms with van der Waals surface area (Å²) in [5, 5.41) is 0. The SMILES string of the molecule is Cc1cccc(C=Nc2ccccc2)c1C(F)(F)F. The number of para-hydroxylation sites is 1. The molecular weight excluding hydrogens is 251 g/mol. The zero-order valence-electron chi connectivity index (χ0n) is 10.3. The summed E-state index contributed by atoms with van der Waals surface area (Å²) in [6, 6.07) is 13.3. The maximum absolute atomic E-state index is 13.0. The fourth-order valence-corrected chi connectivity index (χ4v) is 1.84. The molecule has 19 heavy (non-hydrogen) atoms. The van der Waals surface area contributed by atoms with Crippen molar-refractivity contribution in [3.05, 3.63) is 65.2 Å². The lowest BCUT2D eigenvalue weighted by Crippen LogP contribution is -2.11. The van der Waals surface area contributed by atoms with Crippen molar-refractivity contribution < 1.29 is 13.2 Å². The standard InChI is InChI=1S/C15H12F3N/c1-11-6-5-7-12(14(11)15(16,17)18)10-19-13-8-3-2-4-9-13/h2-10H,1H3. The molecule has 0 aliphatic heterocycles. The van der Waals surface area contributed by atoms with Crippen LogP contribution in [0.15, 0.2) is 53.5 Å². The topological polar surface area (TPSA) is 12.4 Å². The maximum atomic E-state index is 13.0. The summed E-state index contributed by atoms with van der Waals surface area (Å²) in [6.45, 7) is 1.45. The van der Waals surface area contributed by atoms with Gasteiger partial charge in [-0.2, -0.15) is 13.2 Å². The summed E-state index contributed by atoms with van der Waals surface area (Å²) in [6.07, 6.45) is -3.12. The zero-order chi connectivity index (χ0) is 13.9. The highest BCUT2D eigenvalue weighted by atomic mass is 19.4. The summed E-state index contributed by atoms with van der Waals surface area (Å²) in [4.78, 5) is 4.07. The molecule has 0 saturated heterocycles. The molecule has 0 N–H and O–H groups in total. The van der Waals surface area contributed by atoms with E-state index in [1.807, 2.05) is 6.07 Å². The van der Waals surface area contributed by atoms with Gasteiger partial charge in [-0.1, -0.05) is 36.4 Å². The number of hydrogen-bond donors (Lipinski definition) is 0. The van der Waals surface area contributed by atoms with Crippen LogP contribution in [0.1, 0.15) is 16.7 Å². The van der Waals surface area contributed by atoms with Gasteiger partial charge in [0.1, 0.15) is 0 Å². The first-order valence-electron chi connectivity index (χ1n) is 5.74. The van der Waals surface area contributed by atoms with Crippen molar-refractivity contribution in [3.8, 4) is 0 Å². The van der Waals surface area contributed by atoms with E-state index in [9.17, 15) is 13.2 Å². The number of hydrogen-bond acceptors (Lipinski definition) is 1. The van der Waals surface area contributed by atoms with Crippen LogP contribution in [-0.4, -0.2) is 6.21 Å². The average Bonchev–Trinajstić information content (AvgIpc) is 2.36. The molecule has 0 heterocycles. The quantitative estimate of drug-likeness (QED) is 0.692.